The first-order valence-electron chi connectivity index (χ1n) is 7.91. The summed E-state index contributed by atoms with van der Waals surface area (Å²) in [5, 5.41) is 5.19. The molecule has 0 radical (unpaired) electrons. The average Bonchev–Trinajstić information content (AvgIpc) is 3.07. The molecule has 2 aromatic heterocycles. The summed E-state index contributed by atoms with van der Waals surface area (Å²) in [5.41, 5.74) is 1.78. The van der Waals surface area contributed by atoms with E-state index in [1.807, 2.05) is 29.6 Å². The van der Waals surface area contributed by atoms with Crippen molar-refractivity contribution >= 4 is 33.1 Å². The van der Waals surface area contributed by atoms with Gasteiger partial charge in [0.15, 0.2) is 0 Å². The van der Waals surface area contributed by atoms with Crippen molar-refractivity contribution in [1.82, 2.24) is 9.55 Å². The van der Waals surface area contributed by atoms with E-state index in [4.69, 9.17) is 0 Å². The van der Waals surface area contributed by atoms with Gasteiger partial charge in [0.1, 0.15) is 11.4 Å². The molecule has 1 atom stereocenters. The number of nitrogens with zero attached hydrogens (tertiary/aromatic N) is 2. The number of amides is 1. The van der Waals surface area contributed by atoms with Crippen molar-refractivity contribution in [2.24, 2.45) is 0 Å². The van der Waals surface area contributed by atoms with Crippen LogP contribution in [0.15, 0.2) is 46.8 Å². The maximum atomic E-state index is 12.3. The number of fused-ring (bicyclic) bond motifs is 1. The third-order valence-corrected chi connectivity index (χ3v) is 4.96. The highest BCUT2D eigenvalue weighted by molar-refractivity contribution is 7.16. The Bertz CT molecular complexity index is 912. The van der Waals surface area contributed by atoms with Crippen LogP contribution in [0.1, 0.15) is 31.7 Å². The molecule has 1 unspecified atom stereocenters. The first kappa shape index (κ1) is 16.4. The van der Waals surface area contributed by atoms with Gasteiger partial charge in [-0.05, 0) is 41.5 Å². The summed E-state index contributed by atoms with van der Waals surface area (Å²) in [6, 6.07) is 9.56. The van der Waals surface area contributed by atoms with Gasteiger partial charge in [0.25, 0.3) is 5.56 Å². The third-order valence-electron chi connectivity index (χ3n) is 4.14. The van der Waals surface area contributed by atoms with Gasteiger partial charge in [0, 0.05) is 5.69 Å². The average molecular weight is 341 g/mol. The lowest BCUT2D eigenvalue weighted by Gasteiger charge is -2.11. The SMILES string of the molecule is CCC(C)c1ccc(NC(=O)Cn2cnc3sccc3c2=O)cc1. The van der Waals surface area contributed by atoms with Gasteiger partial charge in [-0.15, -0.1) is 11.3 Å². The Balaban J connectivity index is 1.70. The largest absolute Gasteiger partial charge is 0.325 e. The fourth-order valence-electron chi connectivity index (χ4n) is 2.49. The van der Waals surface area contributed by atoms with Crippen LogP contribution in [-0.2, 0) is 11.3 Å². The first-order chi connectivity index (χ1) is 11.6. The van der Waals surface area contributed by atoms with E-state index < -0.39 is 0 Å². The van der Waals surface area contributed by atoms with Gasteiger partial charge in [-0.2, -0.15) is 0 Å². The van der Waals surface area contributed by atoms with E-state index in [1.165, 1.54) is 27.8 Å². The second-order valence-corrected chi connectivity index (χ2v) is 6.69. The number of hydrogen-bond acceptors (Lipinski definition) is 4. The minimum Gasteiger partial charge on any atom is -0.325 e. The topological polar surface area (TPSA) is 64.0 Å². The molecule has 2 heterocycles. The van der Waals surface area contributed by atoms with Crippen molar-refractivity contribution in [3.8, 4) is 0 Å². The Hall–Kier alpha value is -2.47. The van der Waals surface area contributed by atoms with E-state index in [0.717, 1.165) is 12.1 Å². The molecular formula is C18H19N3O2S. The Morgan fingerprint density at radius 1 is 1.29 bits per heavy atom. The van der Waals surface area contributed by atoms with Crippen molar-refractivity contribution in [3.05, 3.63) is 58.0 Å². The van der Waals surface area contributed by atoms with Crippen LogP contribution in [0.3, 0.4) is 0 Å². The van der Waals surface area contributed by atoms with Crippen LogP contribution in [0, 0.1) is 0 Å². The first-order valence-corrected chi connectivity index (χ1v) is 8.79. The van der Waals surface area contributed by atoms with Crippen LogP contribution >= 0.6 is 11.3 Å². The smallest absolute Gasteiger partial charge is 0.262 e. The summed E-state index contributed by atoms with van der Waals surface area (Å²) in [5.74, 6) is 0.251. The minimum absolute atomic E-state index is 0.0509. The van der Waals surface area contributed by atoms with E-state index in [-0.39, 0.29) is 18.0 Å². The van der Waals surface area contributed by atoms with Crippen LogP contribution in [0.5, 0.6) is 0 Å². The molecule has 0 aliphatic carbocycles. The predicted octanol–water partition coefficient (Wildman–Crippen LogP) is 3.61. The highest BCUT2D eigenvalue weighted by atomic mass is 32.1. The predicted molar refractivity (Wildman–Crippen MR) is 97.7 cm³/mol. The zero-order chi connectivity index (χ0) is 17.1. The quantitative estimate of drug-likeness (QED) is 0.771. The standard InChI is InChI=1S/C18H19N3O2S/c1-3-12(2)13-4-6-14(7-5-13)20-16(22)10-21-11-19-17-15(18(21)23)8-9-24-17/h4-9,11-12H,3,10H2,1-2H3,(H,20,22). The van der Waals surface area contributed by atoms with E-state index in [2.05, 4.69) is 24.1 Å². The molecule has 0 fully saturated rings. The maximum absolute atomic E-state index is 12.3. The molecule has 0 spiro atoms. The lowest BCUT2D eigenvalue weighted by molar-refractivity contribution is -0.116. The number of benzene rings is 1. The molecule has 124 valence electrons. The van der Waals surface area contributed by atoms with Crippen LogP contribution in [0.4, 0.5) is 5.69 Å². The number of carbonyl (C=O) groups excluding carboxylic acids is 1. The molecule has 1 amide bonds. The van der Waals surface area contributed by atoms with Gasteiger partial charge in [0.05, 0.1) is 11.7 Å². The number of aromatic nitrogens is 2. The fourth-order valence-corrected chi connectivity index (χ4v) is 3.22. The summed E-state index contributed by atoms with van der Waals surface area (Å²) >= 11 is 1.41. The Kier molecular flexibility index (Phi) is 4.76. The number of nitrogens with one attached hydrogen (secondary N) is 1. The second-order valence-electron chi connectivity index (χ2n) is 5.80. The Labute approximate surface area is 144 Å². The lowest BCUT2D eigenvalue weighted by atomic mass is 9.99. The summed E-state index contributed by atoms with van der Waals surface area (Å²) in [4.78, 5) is 29.4. The van der Waals surface area contributed by atoms with E-state index in [9.17, 15) is 9.59 Å². The highest BCUT2D eigenvalue weighted by Gasteiger charge is 2.09. The van der Waals surface area contributed by atoms with Gasteiger partial charge in [0.2, 0.25) is 5.91 Å². The molecule has 0 aliphatic heterocycles. The number of thiophene rings is 1. The van der Waals surface area contributed by atoms with Crippen LogP contribution in [0.25, 0.3) is 10.2 Å². The molecule has 3 aromatic rings. The minimum atomic E-state index is -0.246. The van der Waals surface area contributed by atoms with E-state index in [0.29, 0.717) is 16.1 Å². The molecule has 5 nitrogen and oxygen atoms in total. The zero-order valence-corrected chi connectivity index (χ0v) is 14.5. The van der Waals surface area contributed by atoms with Crippen molar-refractivity contribution < 1.29 is 4.79 Å². The van der Waals surface area contributed by atoms with Crippen molar-refractivity contribution in [2.75, 3.05) is 5.32 Å². The third kappa shape index (κ3) is 3.38. The molecular weight excluding hydrogens is 322 g/mol. The molecule has 0 saturated heterocycles. The Morgan fingerprint density at radius 2 is 2.04 bits per heavy atom. The maximum Gasteiger partial charge on any atom is 0.262 e. The number of anilines is 1. The van der Waals surface area contributed by atoms with Crippen LogP contribution < -0.4 is 10.9 Å². The summed E-state index contributed by atoms with van der Waals surface area (Å²) in [7, 11) is 0. The van der Waals surface area contributed by atoms with E-state index in [1.54, 1.807) is 6.07 Å². The Morgan fingerprint density at radius 3 is 2.75 bits per heavy atom. The van der Waals surface area contributed by atoms with Crippen molar-refractivity contribution in [1.29, 1.82) is 0 Å². The molecule has 0 aliphatic rings. The lowest BCUT2D eigenvalue weighted by Crippen LogP contribution is -2.27. The molecule has 1 N–H and O–H groups in total. The summed E-state index contributed by atoms with van der Waals surface area (Å²) in [6.45, 7) is 4.27. The van der Waals surface area contributed by atoms with Crippen LogP contribution in [-0.4, -0.2) is 15.5 Å². The highest BCUT2D eigenvalue weighted by Crippen LogP contribution is 2.20. The normalized spacial score (nSPS) is 12.2. The molecule has 24 heavy (non-hydrogen) atoms. The monoisotopic (exact) mass is 341 g/mol. The van der Waals surface area contributed by atoms with Gasteiger partial charge in [-0.25, -0.2) is 4.98 Å². The molecule has 6 heteroatoms. The number of carbonyl (C=O) groups is 1. The molecule has 0 bridgehead atoms. The van der Waals surface area contributed by atoms with Gasteiger partial charge < -0.3 is 5.32 Å². The van der Waals surface area contributed by atoms with Gasteiger partial charge in [-0.3, -0.25) is 14.2 Å². The molecule has 1 aromatic carbocycles. The van der Waals surface area contributed by atoms with Crippen LogP contribution in [0.2, 0.25) is 0 Å². The summed E-state index contributed by atoms with van der Waals surface area (Å²) < 4.78 is 1.33. The molecule has 3 rings (SSSR count). The van der Waals surface area contributed by atoms with Gasteiger partial charge >= 0.3 is 0 Å². The zero-order valence-electron chi connectivity index (χ0n) is 13.7. The number of rotatable bonds is 5. The fraction of sp³-hybridized carbons (Fsp3) is 0.278. The van der Waals surface area contributed by atoms with Crippen molar-refractivity contribution in [3.63, 3.8) is 0 Å². The molecule has 0 saturated carbocycles. The van der Waals surface area contributed by atoms with Gasteiger partial charge in [-0.1, -0.05) is 26.0 Å². The van der Waals surface area contributed by atoms with Crippen molar-refractivity contribution in [2.45, 2.75) is 32.7 Å². The second kappa shape index (κ2) is 6.97. The summed E-state index contributed by atoms with van der Waals surface area (Å²) in [6.07, 6.45) is 2.50. The van der Waals surface area contributed by atoms with E-state index >= 15 is 0 Å². The number of hydrogen-bond donors (Lipinski definition) is 1.